The van der Waals surface area contributed by atoms with Crippen LogP contribution in [0, 0.1) is 19.7 Å². The van der Waals surface area contributed by atoms with Gasteiger partial charge in [-0.15, -0.1) is 0 Å². The number of amides is 1. The van der Waals surface area contributed by atoms with E-state index >= 15 is 0 Å². The second-order valence-electron chi connectivity index (χ2n) is 6.24. The van der Waals surface area contributed by atoms with Crippen LogP contribution < -0.4 is 0 Å². The molecule has 1 aliphatic rings. The number of rotatable bonds is 3. The number of hydrogen-bond donors (Lipinski definition) is 0. The highest BCUT2D eigenvalue weighted by atomic mass is 19.1. The number of benzene rings is 1. The van der Waals surface area contributed by atoms with E-state index in [1.807, 2.05) is 25.7 Å². The number of aryl methyl sites for hydroxylation is 1. The Balaban J connectivity index is 1.81. The van der Waals surface area contributed by atoms with Gasteiger partial charge in [0, 0.05) is 24.3 Å². The first-order valence-electron chi connectivity index (χ1n) is 8.16. The third-order valence-corrected chi connectivity index (χ3v) is 4.43. The summed E-state index contributed by atoms with van der Waals surface area (Å²) in [5, 5.41) is 4.52. The fourth-order valence-electron chi connectivity index (χ4n) is 3.07. The van der Waals surface area contributed by atoms with Gasteiger partial charge in [-0.2, -0.15) is 5.10 Å². The van der Waals surface area contributed by atoms with Gasteiger partial charge in [0.1, 0.15) is 5.82 Å². The van der Waals surface area contributed by atoms with Crippen molar-refractivity contribution in [1.82, 2.24) is 14.7 Å². The van der Waals surface area contributed by atoms with Crippen LogP contribution in [0.5, 0.6) is 0 Å². The van der Waals surface area contributed by atoms with Gasteiger partial charge in [-0.3, -0.25) is 4.79 Å². The molecule has 1 unspecified atom stereocenters. The van der Waals surface area contributed by atoms with E-state index in [9.17, 15) is 9.18 Å². The molecule has 1 atom stereocenters. The number of carbonyl (C=O) groups excluding carboxylic acids is 1. The SMILES string of the molecule is Cc1nn(-c2ccc(F)cc2)c(C)c1CC(=O)N1CCOC(C)C1. The zero-order valence-corrected chi connectivity index (χ0v) is 14.3. The number of morpholine rings is 1. The lowest BCUT2D eigenvalue weighted by molar-refractivity contribution is -0.137. The molecule has 1 amide bonds. The molecule has 0 spiro atoms. The first-order chi connectivity index (χ1) is 11.5. The summed E-state index contributed by atoms with van der Waals surface area (Å²) in [6, 6.07) is 6.19. The third kappa shape index (κ3) is 3.33. The van der Waals surface area contributed by atoms with Gasteiger partial charge >= 0.3 is 0 Å². The van der Waals surface area contributed by atoms with E-state index in [1.165, 1.54) is 12.1 Å². The number of ether oxygens (including phenoxy) is 1. The molecule has 0 N–H and O–H groups in total. The maximum absolute atomic E-state index is 13.1. The zero-order chi connectivity index (χ0) is 17.3. The van der Waals surface area contributed by atoms with Crippen LogP contribution >= 0.6 is 0 Å². The second-order valence-corrected chi connectivity index (χ2v) is 6.24. The highest BCUT2D eigenvalue weighted by Crippen LogP contribution is 2.20. The number of hydrogen-bond acceptors (Lipinski definition) is 3. The smallest absolute Gasteiger partial charge is 0.227 e. The van der Waals surface area contributed by atoms with Crippen LogP contribution in [0.25, 0.3) is 5.69 Å². The Hall–Kier alpha value is -2.21. The van der Waals surface area contributed by atoms with E-state index in [4.69, 9.17) is 4.74 Å². The second kappa shape index (κ2) is 6.73. The fourth-order valence-corrected chi connectivity index (χ4v) is 3.07. The molecule has 2 aromatic rings. The first-order valence-corrected chi connectivity index (χ1v) is 8.16. The summed E-state index contributed by atoms with van der Waals surface area (Å²) in [6.45, 7) is 7.66. The van der Waals surface area contributed by atoms with Gasteiger partial charge < -0.3 is 9.64 Å². The molecule has 5 nitrogen and oxygen atoms in total. The largest absolute Gasteiger partial charge is 0.375 e. The Bertz CT molecular complexity index is 739. The number of halogens is 1. The first kappa shape index (κ1) is 16.6. The van der Waals surface area contributed by atoms with E-state index in [-0.39, 0.29) is 17.8 Å². The van der Waals surface area contributed by atoms with Gasteiger partial charge in [-0.05, 0) is 45.0 Å². The summed E-state index contributed by atoms with van der Waals surface area (Å²) < 4.78 is 20.4. The molecule has 1 aliphatic heterocycles. The van der Waals surface area contributed by atoms with E-state index in [0.29, 0.717) is 26.1 Å². The maximum atomic E-state index is 13.1. The predicted molar refractivity (Wildman–Crippen MR) is 88.7 cm³/mol. The van der Waals surface area contributed by atoms with Crippen LogP contribution in [0.3, 0.4) is 0 Å². The van der Waals surface area contributed by atoms with Gasteiger partial charge in [-0.1, -0.05) is 0 Å². The minimum Gasteiger partial charge on any atom is -0.375 e. The molecular weight excluding hydrogens is 309 g/mol. The highest BCUT2D eigenvalue weighted by molar-refractivity contribution is 5.79. The fraction of sp³-hybridized carbons (Fsp3) is 0.444. The molecule has 1 aromatic heterocycles. The van der Waals surface area contributed by atoms with E-state index in [0.717, 1.165) is 22.6 Å². The van der Waals surface area contributed by atoms with Crippen molar-refractivity contribution < 1.29 is 13.9 Å². The Labute approximate surface area is 141 Å². The minimum absolute atomic E-state index is 0.0758. The minimum atomic E-state index is -0.280. The average molecular weight is 331 g/mol. The molecule has 24 heavy (non-hydrogen) atoms. The lowest BCUT2D eigenvalue weighted by Gasteiger charge is -2.31. The normalized spacial score (nSPS) is 18.0. The molecule has 6 heteroatoms. The van der Waals surface area contributed by atoms with Crippen LogP contribution in [0.1, 0.15) is 23.9 Å². The molecule has 3 rings (SSSR count). The van der Waals surface area contributed by atoms with Gasteiger partial charge in [0.2, 0.25) is 5.91 Å². The van der Waals surface area contributed by atoms with Crippen LogP contribution in [0.4, 0.5) is 4.39 Å². The summed E-state index contributed by atoms with van der Waals surface area (Å²) in [5.41, 5.74) is 3.46. The Morgan fingerprint density at radius 1 is 1.33 bits per heavy atom. The Morgan fingerprint density at radius 3 is 2.71 bits per heavy atom. The van der Waals surface area contributed by atoms with Gasteiger partial charge in [-0.25, -0.2) is 9.07 Å². The maximum Gasteiger partial charge on any atom is 0.227 e. The standard InChI is InChI=1S/C18H22FN3O2/c1-12-11-21(8-9-24-12)18(23)10-17-13(2)20-22(14(17)3)16-6-4-15(19)5-7-16/h4-7,12H,8-11H2,1-3H3. The van der Waals surface area contributed by atoms with Gasteiger partial charge in [0.25, 0.3) is 0 Å². The molecule has 1 aromatic carbocycles. The van der Waals surface area contributed by atoms with Crippen molar-refractivity contribution in [1.29, 1.82) is 0 Å². The van der Waals surface area contributed by atoms with E-state index in [1.54, 1.807) is 16.8 Å². The van der Waals surface area contributed by atoms with Crippen LogP contribution in [-0.2, 0) is 16.0 Å². The number of aromatic nitrogens is 2. The molecule has 2 heterocycles. The van der Waals surface area contributed by atoms with Crippen molar-refractivity contribution >= 4 is 5.91 Å². The Morgan fingerprint density at radius 2 is 2.04 bits per heavy atom. The van der Waals surface area contributed by atoms with Crippen LogP contribution in [0.15, 0.2) is 24.3 Å². The molecular formula is C18H22FN3O2. The van der Waals surface area contributed by atoms with E-state index < -0.39 is 0 Å². The lowest BCUT2D eigenvalue weighted by Crippen LogP contribution is -2.45. The summed E-state index contributed by atoms with van der Waals surface area (Å²) in [6.07, 6.45) is 0.401. The zero-order valence-electron chi connectivity index (χ0n) is 14.3. The van der Waals surface area contributed by atoms with Crippen molar-refractivity contribution in [3.63, 3.8) is 0 Å². The summed E-state index contributed by atoms with van der Waals surface area (Å²) in [5.74, 6) is -0.188. The summed E-state index contributed by atoms with van der Waals surface area (Å²) >= 11 is 0. The molecule has 0 aliphatic carbocycles. The summed E-state index contributed by atoms with van der Waals surface area (Å²) in [4.78, 5) is 14.4. The molecule has 1 saturated heterocycles. The predicted octanol–water partition coefficient (Wildman–Crippen LogP) is 2.42. The topological polar surface area (TPSA) is 47.4 Å². The highest BCUT2D eigenvalue weighted by Gasteiger charge is 2.24. The van der Waals surface area contributed by atoms with Gasteiger partial charge in [0.05, 0.1) is 30.5 Å². The monoisotopic (exact) mass is 331 g/mol. The van der Waals surface area contributed by atoms with Crippen LogP contribution in [-0.4, -0.2) is 46.4 Å². The average Bonchev–Trinajstić information content (AvgIpc) is 2.84. The third-order valence-electron chi connectivity index (χ3n) is 4.43. The molecule has 1 fully saturated rings. The Kier molecular flexibility index (Phi) is 4.66. The summed E-state index contributed by atoms with van der Waals surface area (Å²) in [7, 11) is 0. The molecule has 0 bridgehead atoms. The van der Waals surface area contributed by atoms with Crippen molar-refractivity contribution in [3.8, 4) is 5.69 Å². The molecule has 128 valence electrons. The van der Waals surface area contributed by atoms with Crippen molar-refractivity contribution in [2.75, 3.05) is 19.7 Å². The number of carbonyl (C=O) groups is 1. The number of nitrogens with zero attached hydrogens (tertiary/aromatic N) is 3. The van der Waals surface area contributed by atoms with Crippen molar-refractivity contribution in [3.05, 3.63) is 47.0 Å². The van der Waals surface area contributed by atoms with Crippen molar-refractivity contribution in [2.45, 2.75) is 33.3 Å². The van der Waals surface area contributed by atoms with E-state index in [2.05, 4.69) is 5.10 Å². The molecule has 0 saturated carbocycles. The van der Waals surface area contributed by atoms with Crippen LogP contribution in [0.2, 0.25) is 0 Å². The lowest BCUT2D eigenvalue weighted by atomic mass is 10.1. The molecule has 0 radical (unpaired) electrons. The van der Waals surface area contributed by atoms with Crippen molar-refractivity contribution in [2.24, 2.45) is 0 Å². The van der Waals surface area contributed by atoms with Gasteiger partial charge in [0.15, 0.2) is 0 Å². The quantitative estimate of drug-likeness (QED) is 0.868.